The summed E-state index contributed by atoms with van der Waals surface area (Å²) < 4.78 is 5.30. The second kappa shape index (κ2) is 19.6. The van der Waals surface area contributed by atoms with Crippen LogP contribution in [0.25, 0.3) is 0 Å². The molecular formula is C41H61N7O6S. The summed E-state index contributed by atoms with van der Waals surface area (Å²) in [5.41, 5.74) is 2.18. The predicted molar refractivity (Wildman–Crippen MR) is 216 cm³/mol. The fourth-order valence-corrected chi connectivity index (χ4v) is 7.39. The summed E-state index contributed by atoms with van der Waals surface area (Å²) in [6, 6.07) is 12.3. The number of aliphatic hydroxyl groups is 1. The highest BCUT2D eigenvalue weighted by molar-refractivity contribution is 7.09. The number of phenolic OH excluding ortho intramolecular Hbond substituents is 1. The summed E-state index contributed by atoms with van der Waals surface area (Å²) in [4.78, 5) is 51.5. The van der Waals surface area contributed by atoms with Crippen LogP contribution < -0.4 is 20.7 Å². The Morgan fingerprint density at radius 3 is 2.36 bits per heavy atom. The van der Waals surface area contributed by atoms with Gasteiger partial charge in [0.25, 0.3) is 0 Å². The number of β-amino-alcohol motifs (C(OH)–C–C–N with tert-alkyl or cyclic N) is 1. The molecule has 3 aromatic rings. The van der Waals surface area contributed by atoms with Crippen molar-refractivity contribution in [2.24, 2.45) is 5.92 Å². The Bertz CT molecular complexity index is 1710. The number of aromatic hydroxyl groups is 1. The number of benzene rings is 2. The molecule has 4 atom stereocenters. The van der Waals surface area contributed by atoms with E-state index in [0.717, 1.165) is 21.8 Å². The van der Waals surface area contributed by atoms with Gasteiger partial charge in [0.1, 0.15) is 12.1 Å². The first kappa shape index (κ1) is 43.5. The SMILES string of the molecule is COc1cc(CN2CCN(C[C@@H](O)[C@H](Cc3ccccc3)NC(=O)[C@@H](NC(=O)N(C)Cc3csc(C(C)C)n3)C(C)C)[C@H](C(=O)NC(C)(C)C)C2)ccc1O. The number of aromatic nitrogens is 1. The molecule has 0 bridgehead atoms. The van der Waals surface area contributed by atoms with Crippen LogP contribution in [0, 0.1) is 5.92 Å². The monoisotopic (exact) mass is 779 g/mol. The number of hydrogen-bond donors (Lipinski definition) is 5. The number of piperazine rings is 1. The summed E-state index contributed by atoms with van der Waals surface area (Å²) in [6.07, 6.45) is -0.705. The molecule has 0 radical (unpaired) electrons. The number of carbonyl (C=O) groups excluding carboxylic acids is 3. The number of aliphatic hydroxyl groups excluding tert-OH is 1. The molecule has 1 saturated heterocycles. The molecule has 0 unspecified atom stereocenters. The summed E-state index contributed by atoms with van der Waals surface area (Å²) in [6.45, 7) is 16.2. The largest absolute Gasteiger partial charge is 0.504 e. The second-order valence-corrected chi connectivity index (χ2v) is 17.1. The smallest absolute Gasteiger partial charge is 0.318 e. The molecule has 13 nitrogen and oxygen atoms in total. The number of nitrogens with zero attached hydrogens (tertiary/aromatic N) is 4. The van der Waals surface area contributed by atoms with Crippen molar-refractivity contribution in [3.8, 4) is 11.5 Å². The normalized spacial score (nSPS) is 17.1. The Kier molecular flexibility index (Phi) is 15.5. The van der Waals surface area contributed by atoms with Crippen LogP contribution in [0.3, 0.4) is 0 Å². The molecule has 1 aromatic heterocycles. The van der Waals surface area contributed by atoms with Gasteiger partial charge in [-0.3, -0.25) is 19.4 Å². The van der Waals surface area contributed by atoms with Crippen molar-refractivity contribution in [1.29, 1.82) is 0 Å². The number of nitrogens with one attached hydrogen (secondary N) is 3. The zero-order valence-electron chi connectivity index (χ0n) is 33.8. The van der Waals surface area contributed by atoms with Crippen molar-refractivity contribution in [3.63, 3.8) is 0 Å². The van der Waals surface area contributed by atoms with E-state index in [1.165, 1.54) is 12.0 Å². The topological polar surface area (TPSA) is 160 Å². The van der Waals surface area contributed by atoms with Crippen LogP contribution in [0.15, 0.2) is 53.9 Å². The van der Waals surface area contributed by atoms with Gasteiger partial charge in [-0.25, -0.2) is 9.78 Å². The van der Waals surface area contributed by atoms with E-state index in [-0.39, 0.29) is 24.1 Å². The lowest BCUT2D eigenvalue weighted by molar-refractivity contribution is -0.132. The van der Waals surface area contributed by atoms with Gasteiger partial charge in [0.15, 0.2) is 11.5 Å². The third-order valence-corrected chi connectivity index (χ3v) is 10.8. The van der Waals surface area contributed by atoms with E-state index in [4.69, 9.17) is 4.74 Å². The van der Waals surface area contributed by atoms with E-state index in [0.29, 0.717) is 50.8 Å². The average Bonchev–Trinajstić information content (AvgIpc) is 3.60. The zero-order valence-corrected chi connectivity index (χ0v) is 34.7. The van der Waals surface area contributed by atoms with Crippen LogP contribution in [0.4, 0.5) is 4.79 Å². The number of phenols is 1. The first-order valence-corrected chi connectivity index (χ1v) is 19.9. The van der Waals surface area contributed by atoms with Gasteiger partial charge in [0, 0.05) is 56.6 Å². The van der Waals surface area contributed by atoms with Gasteiger partial charge >= 0.3 is 6.03 Å². The fraction of sp³-hybridized carbons (Fsp3) is 0.561. The van der Waals surface area contributed by atoms with E-state index in [1.54, 1.807) is 30.5 Å². The second-order valence-electron chi connectivity index (χ2n) is 16.2. The van der Waals surface area contributed by atoms with Crippen LogP contribution in [-0.2, 0) is 29.1 Å². The van der Waals surface area contributed by atoms with Crippen molar-refractivity contribution < 1.29 is 29.3 Å². The van der Waals surface area contributed by atoms with Crippen molar-refractivity contribution in [2.45, 2.75) is 104 Å². The van der Waals surface area contributed by atoms with Crippen LogP contribution in [0.1, 0.15) is 76.2 Å². The van der Waals surface area contributed by atoms with Crippen molar-refractivity contribution >= 4 is 29.2 Å². The lowest BCUT2D eigenvalue weighted by atomic mass is 9.97. The molecule has 0 aliphatic carbocycles. The Morgan fingerprint density at radius 2 is 1.75 bits per heavy atom. The predicted octanol–water partition coefficient (Wildman–Crippen LogP) is 4.34. The van der Waals surface area contributed by atoms with E-state index in [1.807, 2.05) is 81.3 Å². The average molecular weight is 780 g/mol. The van der Waals surface area contributed by atoms with E-state index < -0.39 is 41.7 Å². The first-order valence-electron chi connectivity index (χ1n) is 19.1. The minimum absolute atomic E-state index is 0.0610. The number of ether oxygens (including phenoxy) is 1. The molecule has 55 heavy (non-hydrogen) atoms. The highest BCUT2D eigenvalue weighted by Crippen LogP contribution is 2.27. The molecule has 4 amide bonds. The maximum Gasteiger partial charge on any atom is 0.318 e. The number of rotatable bonds is 16. The standard InChI is InChI=1S/C41H61N7O6S/c1-26(2)36(44-40(53)46(8)22-30-25-55-39(42-30)27(3)4)38(52)43-31(19-28-13-11-10-12-14-28)34(50)24-48-18-17-47(23-32(48)37(51)45-41(5,6)7)21-29-15-16-33(49)35(20-29)54-9/h10-16,20,25-27,31-32,34,36,49-50H,17-19,21-24H2,1-9H3,(H,43,52)(H,44,53)(H,45,51)/t31-,32-,34+,36-/m0/s1. The highest BCUT2D eigenvalue weighted by atomic mass is 32.1. The number of thiazole rings is 1. The Labute approximate surface area is 330 Å². The molecule has 0 saturated carbocycles. The lowest BCUT2D eigenvalue weighted by Crippen LogP contribution is -2.63. The molecular weight excluding hydrogens is 719 g/mol. The van der Waals surface area contributed by atoms with E-state index in [9.17, 15) is 24.6 Å². The number of hydrogen-bond acceptors (Lipinski definition) is 10. The molecule has 14 heteroatoms. The molecule has 1 aliphatic heterocycles. The molecule has 1 aliphatic rings. The van der Waals surface area contributed by atoms with Crippen molar-refractivity contribution in [3.05, 3.63) is 75.7 Å². The van der Waals surface area contributed by atoms with Gasteiger partial charge in [0.05, 0.1) is 36.5 Å². The van der Waals surface area contributed by atoms with Crippen LogP contribution in [0.5, 0.6) is 11.5 Å². The molecule has 4 rings (SSSR count). The molecule has 0 spiro atoms. The van der Waals surface area contributed by atoms with Gasteiger partial charge < -0.3 is 35.8 Å². The molecule has 1 fully saturated rings. The molecule has 5 N–H and O–H groups in total. The first-order chi connectivity index (χ1) is 25.9. The maximum absolute atomic E-state index is 14.0. The van der Waals surface area contributed by atoms with Crippen molar-refractivity contribution in [1.82, 2.24) is 35.6 Å². The quantitative estimate of drug-likeness (QED) is 0.143. The summed E-state index contributed by atoms with van der Waals surface area (Å²) in [7, 11) is 3.18. The molecule has 302 valence electrons. The molecule has 2 aromatic carbocycles. The van der Waals surface area contributed by atoms with Gasteiger partial charge in [0.2, 0.25) is 11.8 Å². The minimum atomic E-state index is -1.05. The minimum Gasteiger partial charge on any atom is -0.504 e. The Morgan fingerprint density at radius 1 is 1.04 bits per heavy atom. The van der Waals surface area contributed by atoms with Crippen LogP contribution in [-0.4, -0.2) is 118 Å². The van der Waals surface area contributed by atoms with E-state index in [2.05, 4.69) is 39.7 Å². The summed E-state index contributed by atoms with van der Waals surface area (Å²) in [5.74, 6) is -0.0553. The van der Waals surface area contributed by atoms with Gasteiger partial charge in [-0.2, -0.15) is 0 Å². The Balaban J connectivity index is 1.50. The lowest BCUT2D eigenvalue weighted by Gasteiger charge is -2.43. The van der Waals surface area contributed by atoms with Gasteiger partial charge in [-0.15, -0.1) is 11.3 Å². The number of carbonyl (C=O) groups is 3. The van der Waals surface area contributed by atoms with Crippen LogP contribution in [0.2, 0.25) is 0 Å². The summed E-state index contributed by atoms with van der Waals surface area (Å²) in [5, 5.41) is 34.1. The fourth-order valence-electron chi connectivity index (χ4n) is 6.56. The van der Waals surface area contributed by atoms with E-state index >= 15 is 0 Å². The number of urea groups is 1. The van der Waals surface area contributed by atoms with Crippen molar-refractivity contribution in [2.75, 3.05) is 40.3 Å². The van der Waals surface area contributed by atoms with Gasteiger partial charge in [-0.05, 0) is 56.4 Å². The van der Waals surface area contributed by atoms with Gasteiger partial charge in [-0.1, -0.05) is 64.1 Å². The zero-order chi connectivity index (χ0) is 40.4. The third kappa shape index (κ3) is 12.9. The maximum atomic E-state index is 14.0. The third-order valence-electron chi connectivity index (χ3n) is 9.58. The number of amides is 4. The number of methoxy groups -OCH3 is 1. The van der Waals surface area contributed by atoms with Crippen LogP contribution >= 0.6 is 11.3 Å². The Hall–Kier alpha value is -4.24. The highest BCUT2D eigenvalue weighted by Gasteiger charge is 2.37. The molecule has 2 heterocycles. The summed E-state index contributed by atoms with van der Waals surface area (Å²) >= 11 is 1.57.